The molecule has 0 aliphatic carbocycles. The van der Waals surface area contributed by atoms with Gasteiger partial charge in [-0.15, -0.1) is 5.10 Å². The summed E-state index contributed by atoms with van der Waals surface area (Å²) >= 11 is 12.8. The minimum Gasteiger partial charge on any atom is -0.368 e. The molecule has 0 bridgehead atoms. The summed E-state index contributed by atoms with van der Waals surface area (Å²) in [6.45, 7) is 0. The van der Waals surface area contributed by atoms with Crippen LogP contribution in [0.3, 0.4) is 0 Å². The van der Waals surface area contributed by atoms with Gasteiger partial charge in [0, 0.05) is 11.3 Å². The molecule has 26 heavy (non-hydrogen) atoms. The maximum absolute atomic E-state index is 12.0. The van der Waals surface area contributed by atoms with Crippen molar-refractivity contribution >= 4 is 50.8 Å². The van der Waals surface area contributed by atoms with Crippen molar-refractivity contribution in [3.05, 3.63) is 46.4 Å². The van der Waals surface area contributed by atoms with Crippen LogP contribution in [0.25, 0.3) is 11.1 Å². The Morgan fingerprint density at radius 3 is 2.42 bits per heavy atom. The zero-order valence-electron chi connectivity index (χ0n) is 13.4. The summed E-state index contributed by atoms with van der Waals surface area (Å²) < 4.78 is 26.3. The van der Waals surface area contributed by atoms with E-state index in [0.717, 1.165) is 0 Å². The molecule has 0 atom stereocenters. The van der Waals surface area contributed by atoms with Crippen molar-refractivity contribution in [1.29, 1.82) is 0 Å². The van der Waals surface area contributed by atoms with Crippen LogP contribution in [-0.2, 0) is 10.0 Å². The van der Waals surface area contributed by atoms with Gasteiger partial charge in [-0.2, -0.15) is 4.98 Å². The van der Waals surface area contributed by atoms with Crippen LogP contribution in [0.2, 0.25) is 10.0 Å². The molecule has 1 aromatic heterocycles. The van der Waals surface area contributed by atoms with Gasteiger partial charge in [0.25, 0.3) is 0 Å². The predicted octanol–water partition coefficient (Wildman–Crippen LogP) is 3.01. The van der Waals surface area contributed by atoms with E-state index in [1.807, 2.05) is 0 Å². The van der Waals surface area contributed by atoms with Crippen LogP contribution >= 0.6 is 23.2 Å². The molecule has 0 fully saturated rings. The number of hydrogen-bond donors (Lipinski definition) is 4. The number of H-pyrrole nitrogens is 1. The van der Waals surface area contributed by atoms with Crippen LogP contribution < -0.4 is 15.8 Å². The molecule has 0 unspecified atom stereocenters. The average Bonchev–Trinajstić information content (AvgIpc) is 2.99. The number of nitrogens with one attached hydrogen (secondary N) is 3. The van der Waals surface area contributed by atoms with E-state index in [9.17, 15) is 8.42 Å². The smallest absolute Gasteiger partial charge is 0.248 e. The molecule has 0 amide bonds. The largest absolute Gasteiger partial charge is 0.368 e. The fourth-order valence-electron chi connectivity index (χ4n) is 2.32. The first kappa shape index (κ1) is 18.5. The van der Waals surface area contributed by atoms with Crippen molar-refractivity contribution in [2.45, 2.75) is 4.90 Å². The average molecular weight is 413 g/mol. The maximum atomic E-state index is 12.0. The van der Waals surface area contributed by atoms with Crippen LogP contribution in [0.5, 0.6) is 0 Å². The molecule has 1 heterocycles. The Morgan fingerprint density at radius 2 is 1.85 bits per heavy atom. The molecule has 0 radical (unpaired) electrons. The van der Waals surface area contributed by atoms with E-state index in [0.29, 0.717) is 26.9 Å². The third kappa shape index (κ3) is 3.75. The lowest BCUT2D eigenvalue weighted by atomic mass is 10.1. The first-order valence-corrected chi connectivity index (χ1v) is 9.52. The molecule has 0 spiro atoms. The molecule has 8 nitrogen and oxygen atoms in total. The van der Waals surface area contributed by atoms with E-state index in [-0.39, 0.29) is 16.8 Å². The number of benzene rings is 2. The van der Waals surface area contributed by atoms with Gasteiger partial charge in [-0.1, -0.05) is 35.3 Å². The van der Waals surface area contributed by atoms with Gasteiger partial charge in [-0.25, -0.2) is 18.2 Å². The van der Waals surface area contributed by atoms with Gasteiger partial charge in [0.2, 0.25) is 21.9 Å². The number of rotatable bonds is 5. The standard InChI is InChI=1S/C15H14Cl2N6O2S/c1-19-26(24,25)10-4-2-3-8(5-10)13-11(16)6-9(7-12(13)17)20-15-21-14(18)22-23-15/h2-7,19H,1H3,(H4,18,20,21,22,23). The molecule has 0 aliphatic rings. The fourth-order valence-corrected chi connectivity index (χ4v) is 3.80. The Kier molecular flexibility index (Phi) is 5.05. The highest BCUT2D eigenvalue weighted by Crippen LogP contribution is 2.38. The molecule has 0 saturated heterocycles. The molecule has 11 heteroatoms. The number of halogens is 2. The second kappa shape index (κ2) is 7.12. The van der Waals surface area contributed by atoms with Gasteiger partial charge in [0.1, 0.15) is 0 Å². The van der Waals surface area contributed by atoms with Crippen molar-refractivity contribution in [2.75, 3.05) is 18.1 Å². The number of nitrogen functional groups attached to an aromatic ring is 1. The monoisotopic (exact) mass is 412 g/mol. The van der Waals surface area contributed by atoms with Crippen molar-refractivity contribution in [2.24, 2.45) is 0 Å². The highest BCUT2D eigenvalue weighted by molar-refractivity contribution is 7.89. The minimum absolute atomic E-state index is 0.114. The van der Waals surface area contributed by atoms with Gasteiger partial charge < -0.3 is 11.1 Å². The van der Waals surface area contributed by atoms with Crippen LogP contribution in [-0.4, -0.2) is 30.6 Å². The van der Waals surface area contributed by atoms with E-state index >= 15 is 0 Å². The molecule has 0 saturated carbocycles. The number of aromatic nitrogens is 3. The Labute approximate surface area is 159 Å². The third-order valence-corrected chi connectivity index (χ3v) is 5.51. The minimum atomic E-state index is -3.58. The molecule has 136 valence electrons. The number of nitrogens with two attached hydrogens (primary N) is 1. The van der Waals surface area contributed by atoms with E-state index in [4.69, 9.17) is 28.9 Å². The van der Waals surface area contributed by atoms with E-state index in [1.165, 1.54) is 19.2 Å². The summed E-state index contributed by atoms with van der Waals surface area (Å²) in [7, 11) is -2.24. The summed E-state index contributed by atoms with van der Waals surface area (Å²) in [4.78, 5) is 4.05. The second-order valence-corrected chi connectivity index (χ2v) is 7.92. The molecule has 3 aromatic rings. The summed E-state index contributed by atoms with van der Waals surface area (Å²) in [5.74, 6) is 0.438. The van der Waals surface area contributed by atoms with E-state index in [1.54, 1.807) is 24.3 Å². The normalized spacial score (nSPS) is 11.5. The summed E-state index contributed by atoms with van der Waals surface area (Å²) in [5, 5.41) is 9.97. The zero-order chi connectivity index (χ0) is 18.9. The predicted molar refractivity (Wildman–Crippen MR) is 102 cm³/mol. The van der Waals surface area contributed by atoms with Gasteiger partial charge >= 0.3 is 0 Å². The molecule has 5 N–H and O–H groups in total. The Bertz CT molecular complexity index is 1040. The molecule has 2 aromatic carbocycles. The van der Waals surface area contributed by atoms with Crippen molar-refractivity contribution in [3.63, 3.8) is 0 Å². The number of hydrogen-bond acceptors (Lipinski definition) is 6. The number of aromatic amines is 1. The summed E-state index contributed by atoms with van der Waals surface area (Å²) in [5.41, 5.74) is 7.12. The van der Waals surface area contributed by atoms with Crippen LogP contribution in [0.15, 0.2) is 41.3 Å². The number of anilines is 3. The second-order valence-electron chi connectivity index (χ2n) is 5.22. The Hall–Kier alpha value is -2.33. The van der Waals surface area contributed by atoms with Crippen LogP contribution in [0.4, 0.5) is 17.6 Å². The van der Waals surface area contributed by atoms with E-state index in [2.05, 4.69) is 25.2 Å². The molecule has 3 rings (SSSR count). The Morgan fingerprint density at radius 1 is 1.15 bits per heavy atom. The van der Waals surface area contributed by atoms with Crippen LogP contribution in [0, 0.1) is 0 Å². The third-order valence-electron chi connectivity index (χ3n) is 3.50. The number of nitrogens with zero attached hydrogens (tertiary/aromatic N) is 2. The topological polar surface area (TPSA) is 126 Å². The van der Waals surface area contributed by atoms with Crippen LogP contribution in [0.1, 0.15) is 0 Å². The SMILES string of the molecule is CNS(=O)(=O)c1cccc(-c2c(Cl)cc(Nc3n[nH]c(N)n3)cc2Cl)c1. The lowest BCUT2D eigenvalue weighted by Gasteiger charge is -2.12. The lowest BCUT2D eigenvalue weighted by Crippen LogP contribution is -2.18. The summed E-state index contributed by atoms with van der Waals surface area (Å²) in [6, 6.07) is 9.60. The van der Waals surface area contributed by atoms with Crippen molar-refractivity contribution < 1.29 is 8.42 Å². The van der Waals surface area contributed by atoms with Crippen molar-refractivity contribution in [3.8, 4) is 11.1 Å². The highest BCUT2D eigenvalue weighted by atomic mass is 35.5. The molecular formula is C15H14Cl2N6O2S. The molecular weight excluding hydrogens is 399 g/mol. The summed E-state index contributed by atoms with van der Waals surface area (Å²) in [6.07, 6.45) is 0. The zero-order valence-corrected chi connectivity index (χ0v) is 15.7. The van der Waals surface area contributed by atoms with Gasteiger partial charge in [-0.05, 0) is 36.9 Å². The van der Waals surface area contributed by atoms with Gasteiger partial charge in [0.15, 0.2) is 0 Å². The fraction of sp³-hybridized carbons (Fsp3) is 0.0667. The quantitative estimate of drug-likeness (QED) is 0.510. The first-order valence-electron chi connectivity index (χ1n) is 7.28. The first-order chi connectivity index (χ1) is 12.3. The van der Waals surface area contributed by atoms with Gasteiger partial charge in [0.05, 0.1) is 14.9 Å². The highest BCUT2D eigenvalue weighted by Gasteiger charge is 2.16. The molecule has 0 aliphatic heterocycles. The maximum Gasteiger partial charge on any atom is 0.248 e. The lowest BCUT2D eigenvalue weighted by molar-refractivity contribution is 0.588. The Balaban J connectivity index is 2.00. The number of sulfonamides is 1. The van der Waals surface area contributed by atoms with Crippen molar-refractivity contribution in [1.82, 2.24) is 19.9 Å². The van der Waals surface area contributed by atoms with E-state index < -0.39 is 10.0 Å². The van der Waals surface area contributed by atoms with Gasteiger partial charge in [-0.3, -0.25) is 0 Å².